The predicted octanol–water partition coefficient (Wildman–Crippen LogP) is 8.78. The van der Waals surface area contributed by atoms with Crippen LogP contribution in [-0.4, -0.2) is 110 Å². The number of carbonyl (C=O) groups is 1. The second-order valence-electron chi connectivity index (χ2n) is 17.6. The highest BCUT2D eigenvalue weighted by Crippen LogP contribution is 2.23. The van der Waals surface area contributed by atoms with Crippen molar-refractivity contribution in [3.63, 3.8) is 0 Å². The highest BCUT2D eigenvalue weighted by Gasteiger charge is 2.44. The van der Waals surface area contributed by atoms with Gasteiger partial charge in [-0.05, 0) is 64.2 Å². The number of unbranched alkanes of at least 4 members (excludes halogenated alkanes) is 24. The van der Waals surface area contributed by atoms with Gasteiger partial charge in [0.1, 0.15) is 36.6 Å². The van der Waals surface area contributed by atoms with Gasteiger partial charge in [0.2, 0.25) is 5.91 Å². The predicted molar refractivity (Wildman–Crippen MR) is 247 cm³/mol. The molecule has 1 heterocycles. The summed E-state index contributed by atoms with van der Waals surface area (Å²) in [6, 6.07) is -1.19. The highest BCUT2D eigenvalue weighted by atomic mass is 16.7. The molecule has 0 bridgehead atoms. The molecular weight excluding hydrogens is 775 g/mol. The van der Waals surface area contributed by atoms with Gasteiger partial charge >= 0.3 is 0 Å². The van der Waals surface area contributed by atoms with Crippen molar-refractivity contribution in [3.05, 3.63) is 36.5 Å². The lowest BCUT2D eigenvalue weighted by atomic mass is 9.98. The third-order valence-electron chi connectivity index (χ3n) is 11.9. The van der Waals surface area contributed by atoms with Crippen LogP contribution in [0.3, 0.4) is 0 Å². The van der Waals surface area contributed by atoms with Crippen molar-refractivity contribution in [1.82, 2.24) is 5.32 Å². The summed E-state index contributed by atoms with van der Waals surface area (Å²) in [5.41, 5.74) is 0. The molecule has 8 N–H and O–H groups in total. The van der Waals surface area contributed by atoms with E-state index in [-0.39, 0.29) is 12.8 Å². The molecule has 11 nitrogen and oxygen atoms in total. The molecule has 0 aliphatic carbocycles. The third kappa shape index (κ3) is 29.4. The van der Waals surface area contributed by atoms with Crippen LogP contribution in [0, 0.1) is 0 Å². The maximum Gasteiger partial charge on any atom is 0.249 e. The number of aliphatic hydroxyl groups excluding tert-OH is 7. The number of ether oxygens (including phenoxy) is 2. The molecule has 9 atom stereocenters. The minimum absolute atomic E-state index is 0.235. The minimum Gasteiger partial charge on any atom is -0.394 e. The quantitative estimate of drug-likeness (QED) is 0.0168. The monoisotopic (exact) mass is 868 g/mol. The van der Waals surface area contributed by atoms with Gasteiger partial charge in [0, 0.05) is 0 Å². The van der Waals surface area contributed by atoms with Crippen LogP contribution >= 0.6 is 0 Å². The summed E-state index contributed by atoms with van der Waals surface area (Å²) in [6.45, 7) is 3.39. The Morgan fingerprint density at radius 2 is 1.02 bits per heavy atom. The molecule has 1 amide bonds. The Kier molecular flexibility index (Phi) is 37.5. The molecule has 1 aliphatic rings. The van der Waals surface area contributed by atoms with E-state index >= 15 is 0 Å². The summed E-state index contributed by atoms with van der Waals surface area (Å²) in [7, 11) is 0. The van der Waals surface area contributed by atoms with Crippen LogP contribution in [0.2, 0.25) is 0 Å². The molecule has 0 aromatic heterocycles. The summed E-state index contributed by atoms with van der Waals surface area (Å²) >= 11 is 0. The number of hydrogen-bond donors (Lipinski definition) is 8. The molecule has 1 aliphatic heterocycles. The summed E-state index contributed by atoms with van der Waals surface area (Å²) in [5.74, 6) is -0.719. The first-order chi connectivity index (χ1) is 29.7. The van der Waals surface area contributed by atoms with Crippen molar-refractivity contribution >= 4 is 5.91 Å². The van der Waals surface area contributed by atoms with Gasteiger partial charge in [0.15, 0.2) is 6.29 Å². The van der Waals surface area contributed by atoms with Gasteiger partial charge in [-0.1, -0.05) is 179 Å². The van der Waals surface area contributed by atoms with Gasteiger partial charge in [-0.15, -0.1) is 0 Å². The zero-order valence-electron chi connectivity index (χ0n) is 38.6. The molecule has 0 saturated carbocycles. The fourth-order valence-corrected chi connectivity index (χ4v) is 7.78. The average molecular weight is 868 g/mol. The van der Waals surface area contributed by atoms with Crippen molar-refractivity contribution in [2.45, 2.75) is 262 Å². The van der Waals surface area contributed by atoms with Gasteiger partial charge in [0.25, 0.3) is 0 Å². The fraction of sp³-hybridized carbons (Fsp3) is 0.860. The summed E-state index contributed by atoms with van der Waals surface area (Å²) < 4.78 is 11.1. The first kappa shape index (κ1) is 57.3. The first-order valence-electron chi connectivity index (χ1n) is 24.9. The Bertz CT molecular complexity index is 1090. The maximum atomic E-state index is 13.1. The van der Waals surface area contributed by atoms with Crippen LogP contribution < -0.4 is 5.32 Å². The van der Waals surface area contributed by atoms with Gasteiger partial charge in [-0.2, -0.15) is 0 Å². The van der Waals surface area contributed by atoms with Crippen molar-refractivity contribution in [2.24, 2.45) is 0 Å². The van der Waals surface area contributed by atoms with E-state index in [0.29, 0.717) is 12.8 Å². The highest BCUT2D eigenvalue weighted by molar-refractivity contribution is 5.80. The number of rotatable bonds is 41. The number of hydrogen-bond acceptors (Lipinski definition) is 10. The number of nitrogens with one attached hydrogen (secondary N) is 1. The Labute approximate surface area is 371 Å². The van der Waals surface area contributed by atoms with Gasteiger partial charge in [-0.25, -0.2) is 0 Å². The number of amides is 1. The molecule has 61 heavy (non-hydrogen) atoms. The van der Waals surface area contributed by atoms with Crippen molar-refractivity contribution in [2.75, 3.05) is 13.2 Å². The zero-order chi connectivity index (χ0) is 44.8. The smallest absolute Gasteiger partial charge is 0.249 e. The molecule has 0 radical (unpaired) electrons. The molecule has 0 aromatic rings. The molecule has 1 saturated heterocycles. The molecule has 0 spiro atoms. The molecule has 9 unspecified atom stereocenters. The van der Waals surface area contributed by atoms with Gasteiger partial charge in [0.05, 0.1) is 25.4 Å². The van der Waals surface area contributed by atoms with Crippen LogP contribution in [0.25, 0.3) is 0 Å². The number of aliphatic hydroxyl groups is 7. The molecule has 1 fully saturated rings. The summed E-state index contributed by atoms with van der Waals surface area (Å²) in [6.07, 6.45) is 34.8. The topological polar surface area (TPSA) is 189 Å². The van der Waals surface area contributed by atoms with Gasteiger partial charge < -0.3 is 50.5 Å². The number of allylic oxidation sites excluding steroid dienone is 6. The average Bonchev–Trinajstić information content (AvgIpc) is 3.26. The first-order valence-corrected chi connectivity index (χ1v) is 24.9. The largest absolute Gasteiger partial charge is 0.394 e. The van der Waals surface area contributed by atoms with Crippen molar-refractivity contribution in [1.29, 1.82) is 0 Å². The van der Waals surface area contributed by atoms with Crippen LogP contribution in [0.5, 0.6) is 0 Å². The van der Waals surface area contributed by atoms with Gasteiger partial charge in [-0.3, -0.25) is 4.79 Å². The van der Waals surface area contributed by atoms with Crippen molar-refractivity contribution < 1.29 is 50.0 Å². The second-order valence-corrected chi connectivity index (χ2v) is 17.6. The summed E-state index contributed by atoms with van der Waals surface area (Å²) in [4.78, 5) is 13.1. The maximum absolute atomic E-state index is 13.1. The molecule has 358 valence electrons. The molecule has 1 rings (SSSR count). The Morgan fingerprint density at radius 3 is 1.54 bits per heavy atom. The van der Waals surface area contributed by atoms with E-state index in [1.54, 1.807) is 0 Å². The normalized spacial score (nSPS) is 21.8. The standard InChI is InChI=1S/C50H93NO10/c1-3-5-7-9-11-13-15-17-19-20-21-22-23-24-26-27-29-31-33-35-37-42(53)45(55)41(40-60-50-48(58)47(57)46(56)44(39-52)61-50)51-49(59)43(54)38-36-34-32-30-28-25-18-16-14-12-10-8-6-4-2/h12,14,16,18,29,31,41-48,50,52-58H,3-11,13,15,17,19-28,30,32-40H2,1-2H3,(H,51,59)/b14-12-,18-16-,31-29+. The van der Waals surface area contributed by atoms with Crippen LogP contribution in [0.15, 0.2) is 36.5 Å². The Hall–Kier alpha value is -1.67. The summed E-state index contributed by atoms with van der Waals surface area (Å²) in [5, 5.41) is 75.7. The lowest BCUT2D eigenvalue weighted by molar-refractivity contribution is -0.303. The van der Waals surface area contributed by atoms with Crippen LogP contribution in [-0.2, 0) is 14.3 Å². The lowest BCUT2D eigenvalue weighted by Crippen LogP contribution is -2.60. The van der Waals surface area contributed by atoms with E-state index in [2.05, 4.69) is 55.6 Å². The second kappa shape index (κ2) is 39.9. The SMILES string of the molecule is CCCCC/C=C\C=C/CCCCCCCC(O)C(=O)NC(COC1OC(CO)C(O)C(O)C1O)C(O)C(O)CCC/C=C/CCCCCCCCCCCCCCCCC. The molecule has 0 aromatic carbocycles. The molecular formula is C50H93NO10. The van der Waals surface area contributed by atoms with E-state index in [4.69, 9.17) is 9.47 Å². The fourth-order valence-electron chi connectivity index (χ4n) is 7.78. The zero-order valence-corrected chi connectivity index (χ0v) is 38.6. The molecule has 11 heteroatoms. The van der Waals surface area contributed by atoms with E-state index < -0.39 is 74.2 Å². The Balaban J connectivity index is 2.44. The van der Waals surface area contributed by atoms with E-state index in [0.717, 1.165) is 57.8 Å². The van der Waals surface area contributed by atoms with E-state index in [1.807, 2.05) is 0 Å². The van der Waals surface area contributed by atoms with Crippen LogP contribution in [0.1, 0.15) is 206 Å². The lowest BCUT2D eigenvalue weighted by Gasteiger charge is -2.40. The van der Waals surface area contributed by atoms with Crippen LogP contribution in [0.4, 0.5) is 0 Å². The third-order valence-corrected chi connectivity index (χ3v) is 11.9. The van der Waals surface area contributed by atoms with E-state index in [1.165, 1.54) is 109 Å². The van der Waals surface area contributed by atoms with E-state index in [9.17, 15) is 40.5 Å². The Morgan fingerprint density at radius 1 is 0.574 bits per heavy atom. The number of carbonyl (C=O) groups excluding carboxylic acids is 1. The minimum atomic E-state index is -1.67. The van der Waals surface area contributed by atoms with Crippen molar-refractivity contribution in [3.8, 4) is 0 Å².